The molecule has 0 bridgehead atoms. The van der Waals surface area contributed by atoms with Gasteiger partial charge in [-0.3, -0.25) is 4.79 Å². The summed E-state index contributed by atoms with van der Waals surface area (Å²) in [5.41, 5.74) is 1.35. The Morgan fingerprint density at radius 2 is 2.19 bits per heavy atom. The van der Waals surface area contributed by atoms with Crippen molar-refractivity contribution in [2.24, 2.45) is 5.41 Å². The number of hydrogen-bond acceptors (Lipinski definition) is 3. The van der Waals surface area contributed by atoms with E-state index in [1.807, 2.05) is 31.2 Å². The molecule has 1 aliphatic rings. The first-order valence-electron chi connectivity index (χ1n) is 5.25. The van der Waals surface area contributed by atoms with Crippen molar-refractivity contribution in [3.63, 3.8) is 0 Å². The fraction of sp³-hybridized carbons (Fsp3) is 0.417. The molecule has 1 heterocycles. The Labute approximate surface area is 94.2 Å². The normalized spacial score (nSPS) is 17.6. The number of carbonyl (C=O) groups is 1. The summed E-state index contributed by atoms with van der Waals surface area (Å²) >= 11 is 0. The molecular weight excluding hydrogens is 206 g/mol. The number of ether oxygens (including phenoxy) is 1. The quantitative estimate of drug-likeness (QED) is 0.809. The van der Waals surface area contributed by atoms with E-state index < -0.39 is 11.4 Å². The zero-order valence-corrected chi connectivity index (χ0v) is 9.19. The number of carboxylic acids is 1. The Bertz CT molecular complexity index is 399. The van der Waals surface area contributed by atoms with E-state index in [0.29, 0.717) is 19.8 Å². The second kappa shape index (κ2) is 4.14. The number of rotatable bonds is 4. The van der Waals surface area contributed by atoms with Gasteiger partial charge in [-0.15, -0.1) is 0 Å². The Hall–Kier alpha value is -1.55. The van der Waals surface area contributed by atoms with E-state index in [4.69, 9.17) is 9.84 Å². The molecule has 16 heavy (non-hydrogen) atoms. The van der Waals surface area contributed by atoms with Gasteiger partial charge in [-0.2, -0.15) is 0 Å². The molecule has 0 radical (unpaired) electrons. The zero-order chi connectivity index (χ0) is 11.6. The van der Waals surface area contributed by atoms with Crippen molar-refractivity contribution in [1.29, 1.82) is 0 Å². The third-order valence-corrected chi connectivity index (χ3v) is 2.97. The highest BCUT2D eigenvalue weighted by atomic mass is 16.5. The smallest absolute Gasteiger partial charge is 0.316 e. The van der Waals surface area contributed by atoms with Gasteiger partial charge in [0.1, 0.15) is 5.41 Å². The first-order valence-corrected chi connectivity index (χ1v) is 5.25. The predicted octanol–water partition coefficient (Wildman–Crippen LogP) is 1.51. The van der Waals surface area contributed by atoms with Crippen LogP contribution in [0.4, 0.5) is 5.69 Å². The highest BCUT2D eigenvalue weighted by Crippen LogP contribution is 2.28. The molecule has 1 aromatic carbocycles. The molecule has 0 aromatic heterocycles. The predicted molar refractivity (Wildman–Crippen MR) is 60.6 cm³/mol. The maximum atomic E-state index is 11.1. The van der Waals surface area contributed by atoms with Crippen LogP contribution < -0.4 is 5.32 Å². The minimum atomic E-state index is -0.792. The van der Waals surface area contributed by atoms with Crippen molar-refractivity contribution in [3.8, 4) is 0 Å². The fourth-order valence-electron chi connectivity index (χ4n) is 1.69. The molecule has 0 unspecified atom stereocenters. The average molecular weight is 221 g/mol. The molecule has 0 spiro atoms. The summed E-state index contributed by atoms with van der Waals surface area (Å²) in [6.07, 6.45) is 0. The minimum Gasteiger partial charge on any atom is -0.481 e. The summed E-state index contributed by atoms with van der Waals surface area (Å²) in [6, 6.07) is 7.83. The van der Waals surface area contributed by atoms with Gasteiger partial charge in [-0.05, 0) is 18.6 Å². The highest BCUT2D eigenvalue weighted by Gasteiger charge is 2.46. The Morgan fingerprint density at radius 1 is 1.50 bits per heavy atom. The maximum absolute atomic E-state index is 11.1. The molecule has 86 valence electrons. The van der Waals surface area contributed by atoms with Crippen LogP contribution in [0.25, 0.3) is 0 Å². The molecule has 1 aliphatic heterocycles. The van der Waals surface area contributed by atoms with Crippen LogP contribution in [-0.2, 0) is 9.53 Å². The SMILES string of the molecule is Cc1ccccc1NCC1(C(=O)O)COC1. The number of benzene rings is 1. The topological polar surface area (TPSA) is 58.6 Å². The second-order valence-electron chi connectivity index (χ2n) is 4.25. The summed E-state index contributed by atoms with van der Waals surface area (Å²) in [5, 5.41) is 12.3. The molecule has 1 aromatic rings. The van der Waals surface area contributed by atoms with Crippen LogP contribution in [0.3, 0.4) is 0 Å². The van der Waals surface area contributed by atoms with Gasteiger partial charge in [0.05, 0.1) is 13.2 Å². The standard InChI is InChI=1S/C12H15NO3/c1-9-4-2-3-5-10(9)13-6-12(11(14)15)7-16-8-12/h2-5,13H,6-8H2,1H3,(H,14,15). The van der Waals surface area contributed by atoms with Gasteiger partial charge < -0.3 is 15.2 Å². The highest BCUT2D eigenvalue weighted by molar-refractivity contribution is 5.77. The van der Waals surface area contributed by atoms with Crippen LogP contribution in [0, 0.1) is 12.3 Å². The van der Waals surface area contributed by atoms with Gasteiger partial charge in [-0.25, -0.2) is 0 Å². The van der Waals surface area contributed by atoms with Crippen LogP contribution in [-0.4, -0.2) is 30.8 Å². The van der Waals surface area contributed by atoms with Crippen molar-refractivity contribution < 1.29 is 14.6 Å². The number of hydrogen-bond donors (Lipinski definition) is 2. The largest absolute Gasteiger partial charge is 0.481 e. The maximum Gasteiger partial charge on any atom is 0.316 e. The van der Waals surface area contributed by atoms with E-state index in [-0.39, 0.29) is 0 Å². The van der Waals surface area contributed by atoms with Crippen LogP contribution in [0.2, 0.25) is 0 Å². The molecule has 0 amide bonds. The minimum absolute atomic E-state index is 0.293. The number of anilines is 1. The molecule has 2 rings (SSSR count). The van der Waals surface area contributed by atoms with E-state index in [9.17, 15) is 4.79 Å². The van der Waals surface area contributed by atoms with Gasteiger partial charge in [0.2, 0.25) is 0 Å². The fourth-order valence-corrected chi connectivity index (χ4v) is 1.69. The third-order valence-electron chi connectivity index (χ3n) is 2.97. The molecule has 0 saturated carbocycles. The molecule has 4 heteroatoms. The average Bonchev–Trinajstić information content (AvgIpc) is 2.18. The van der Waals surface area contributed by atoms with E-state index in [2.05, 4.69) is 5.32 Å². The Morgan fingerprint density at radius 3 is 2.69 bits per heavy atom. The molecular formula is C12H15NO3. The van der Waals surface area contributed by atoms with Crippen molar-refractivity contribution in [1.82, 2.24) is 0 Å². The number of aliphatic carboxylic acids is 1. The summed E-state index contributed by atoms with van der Waals surface area (Å²) in [4.78, 5) is 11.1. The monoisotopic (exact) mass is 221 g/mol. The van der Waals surface area contributed by atoms with Crippen molar-refractivity contribution in [2.45, 2.75) is 6.92 Å². The summed E-state index contributed by atoms with van der Waals surface area (Å²) in [7, 11) is 0. The molecule has 4 nitrogen and oxygen atoms in total. The number of para-hydroxylation sites is 1. The summed E-state index contributed by atoms with van der Waals surface area (Å²) < 4.78 is 5.00. The molecule has 0 atom stereocenters. The number of carboxylic acid groups (broad SMARTS) is 1. The molecule has 0 aliphatic carbocycles. The van der Waals surface area contributed by atoms with Crippen LogP contribution in [0.15, 0.2) is 24.3 Å². The van der Waals surface area contributed by atoms with E-state index in [1.165, 1.54) is 0 Å². The second-order valence-corrected chi connectivity index (χ2v) is 4.25. The zero-order valence-electron chi connectivity index (χ0n) is 9.19. The third kappa shape index (κ3) is 1.88. The van der Waals surface area contributed by atoms with E-state index >= 15 is 0 Å². The number of nitrogens with one attached hydrogen (secondary N) is 1. The van der Waals surface area contributed by atoms with Crippen LogP contribution >= 0.6 is 0 Å². The molecule has 1 fully saturated rings. The Balaban J connectivity index is 2.02. The van der Waals surface area contributed by atoms with Gasteiger partial charge in [-0.1, -0.05) is 18.2 Å². The number of aryl methyl sites for hydroxylation is 1. The first-order chi connectivity index (χ1) is 7.64. The van der Waals surface area contributed by atoms with Gasteiger partial charge in [0, 0.05) is 12.2 Å². The van der Waals surface area contributed by atoms with Gasteiger partial charge in [0.15, 0.2) is 0 Å². The van der Waals surface area contributed by atoms with Gasteiger partial charge >= 0.3 is 5.97 Å². The van der Waals surface area contributed by atoms with Crippen LogP contribution in [0.1, 0.15) is 5.56 Å². The first kappa shape index (κ1) is 11.0. The molecule has 1 saturated heterocycles. The van der Waals surface area contributed by atoms with Crippen molar-refractivity contribution >= 4 is 11.7 Å². The lowest BCUT2D eigenvalue weighted by molar-refractivity contribution is -0.176. The summed E-state index contributed by atoms with van der Waals surface area (Å²) in [6.45, 7) is 2.99. The lowest BCUT2D eigenvalue weighted by Crippen LogP contribution is -2.53. The van der Waals surface area contributed by atoms with E-state index in [1.54, 1.807) is 0 Å². The van der Waals surface area contributed by atoms with Gasteiger partial charge in [0.25, 0.3) is 0 Å². The lowest BCUT2D eigenvalue weighted by atomic mass is 9.86. The summed E-state index contributed by atoms with van der Waals surface area (Å²) in [5.74, 6) is -0.792. The van der Waals surface area contributed by atoms with Crippen molar-refractivity contribution in [2.75, 3.05) is 25.1 Å². The van der Waals surface area contributed by atoms with E-state index in [0.717, 1.165) is 11.3 Å². The van der Waals surface area contributed by atoms with Crippen LogP contribution in [0.5, 0.6) is 0 Å². The molecule has 2 N–H and O–H groups in total. The Kier molecular flexibility index (Phi) is 2.83. The lowest BCUT2D eigenvalue weighted by Gasteiger charge is -2.37. The van der Waals surface area contributed by atoms with Crippen molar-refractivity contribution in [3.05, 3.63) is 29.8 Å².